The maximum absolute atomic E-state index is 12.7. The standard InChI is InChI=1S/C21H40N4O6SSi2/c1-19(2,3)33(7,8)28-13-16-21(15(22)14-32(26,27)31-21)17(30-34(9,10)20(4,5)6)18(29-16)25-12-11-23-24-25/h11-12,14,16-18H,13,22H2,1-10H3. The minimum atomic E-state index is -4.04. The van der Waals surface area contributed by atoms with Gasteiger partial charge in [-0.05, 0) is 36.3 Å². The molecule has 0 amide bonds. The highest BCUT2D eigenvalue weighted by Crippen LogP contribution is 2.52. The molecule has 0 saturated carbocycles. The van der Waals surface area contributed by atoms with E-state index in [2.05, 4.69) is 78.0 Å². The molecule has 3 rings (SSSR count). The smallest absolute Gasteiger partial charge is 0.292 e. The second kappa shape index (κ2) is 8.49. The summed E-state index contributed by atoms with van der Waals surface area (Å²) in [6, 6.07) is 0. The number of aromatic nitrogens is 3. The van der Waals surface area contributed by atoms with Gasteiger partial charge in [-0.2, -0.15) is 8.42 Å². The largest absolute Gasteiger partial charge is 0.414 e. The summed E-state index contributed by atoms with van der Waals surface area (Å²) >= 11 is 0. The Labute approximate surface area is 205 Å². The Bertz CT molecular complexity index is 1030. The quantitative estimate of drug-likeness (QED) is 0.432. The van der Waals surface area contributed by atoms with E-state index in [0.717, 1.165) is 5.41 Å². The second-order valence-corrected chi connectivity index (χ2v) is 23.2. The van der Waals surface area contributed by atoms with Gasteiger partial charge in [0.1, 0.15) is 12.2 Å². The summed E-state index contributed by atoms with van der Waals surface area (Å²) in [7, 11) is -8.68. The number of nitrogens with two attached hydrogens (primary N) is 1. The first kappa shape index (κ1) is 27.5. The molecule has 0 aliphatic carbocycles. The Kier molecular flexibility index (Phi) is 6.87. The lowest BCUT2D eigenvalue weighted by molar-refractivity contribution is -0.0595. The number of hydrogen-bond acceptors (Lipinski definition) is 9. The zero-order valence-corrected chi connectivity index (χ0v) is 24.8. The third-order valence-electron chi connectivity index (χ3n) is 7.77. The maximum Gasteiger partial charge on any atom is 0.292 e. The van der Waals surface area contributed by atoms with Crippen LogP contribution in [0.3, 0.4) is 0 Å². The SMILES string of the molecule is CC(C)(C)[Si](C)(C)OCC1OC(n2ccnn2)C(O[Si](C)(C)C(C)(C)C)C12OS(=O)(=O)C=C2N. The Balaban J connectivity index is 2.11. The molecule has 0 aromatic carbocycles. The zero-order valence-electron chi connectivity index (χ0n) is 21.9. The Morgan fingerprint density at radius 1 is 1.12 bits per heavy atom. The van der Waals surface area contributed by atoms with Crippen LogP contribution >= 0.6 is 0 Å². The van der Waals surface area contributed by atoms with Gasteiger partial charge in [-0.25, -0.2) is 8.86 Å². The Hall–Kier alpha value is -1.10. The van der Waals surface area contributed by atoms with Crippen molar-refractivity contribution in [2.75, 3.05) is 6.61 Å². The molecule has 4 atom stereocenters. The van der Waals surface area contributed by atoms with Crippen LogP contribution in [0.5, 0.6) is 0 Å². The van der Waals surface area contributed by atoms with Crippen molar-refractivity contribution in [3.8, 4) is 0 Å². The molecule has 1 saturated heterocycles. The van der Waals surface area contributed by atoms with Crippen LogP contribution in [0.1, 0.15) is 47.8 Å². The van der Waals surface area contributed by atoms with Crippen LogP contribution < -0.4 is 5.73 Å². The van der Waals surface area contributed by atoms with E-state index in [0.29, 0.717) is 0 Å². The zero-order chi connectivity index (χ0) is 26.0. The van der Waals surface area contributed by atoms with Crippen LogP contribution in [0, 0.1) is 0 Å². The summed E-state index contributed by atoms with van der Waals surface area (Å²) in [6.07, 6.45) is 0.672. The lowest BCUT2D eigenvalue weighted by Crippen LogP contribution is -2.59. The fraction of sp³-hybridized carbons (Fsp3) is 0.810. The summed E-state index contributed by atoms with van der Waals surface area (Å²) in [6.45, 7) is 21.2. The first-order valence-corrected chi connectivity index (χ1v) is 18.8. The van der Waals surface area contributed by atoms with E-state index in [9.17, 15) is 8.42 Å². The molecule has 2 aliphatic heterocycles. The number of rotatable bonds is 6. The van der Waals surface area contributed by atoms with E-state index in [-0.39, 0.29) is 22.4 Å². The molecule has 1 aromatic heterocycles. The van der Waals surface area contributed by atoms with Crippen molar-refractivity contribution in [2.24, 2.45) is 5.73 Å². The normalized spacial score (nSPS) is 30.2. The van der Waals surface area contributed by atoms with Gasteiger partial charge >= 0.3 is 0 Å². The third kappa shape index (κ3) is 4.80. The molecule has 4 unspecified atom stereocenters. The molecule has 1 aromatic rings. The molecule has 2 aliphatic rings. The number of hydrogen-bond donors (Lipinski definition) is 1. The Morgan fingerprint density at radius 3 is 2.15 bits per heavy atom. The first-order valence-electron chi connectivity index (χ1n) is 11.5. The molecule has 3 heterocycles. The van der Waals surface area contributed by atoms with Crippen molar-refractivity contribution >= 4 is 26.8 Å². The van der Waals surface area contributed by atoms with Crippen molar-refractivity contribution in [2.45, 2.75) is 102 Å². The van der Waals surface area contributed by atoms with Crippen molar-refractivity contribution in [3.63, 3.8) is 0 Å². The maximum atomic E-state index is 12.7. The number of ether oxygens (including phenoxy) is 1. The molecular weight excluding hydrogens is 492 g/mol. The highest BCUT2D eigenvalue weighted by Gasteiger charge is 2.67. The predicted octanol–water partition coefficient (Wildman–Crippen LogP) is 3.49. The Morgan fingerprint density at radius 2 is 1.71 bits per heavy atom. The average molecular weight is 533 g/mol. The van der Waals surface area contributed by atoms with E-state index in [4.69, 9.17) is 23.5 Å². The monoisotopic (exact) mass is 532 g/mol. The van der Waals surface area contributed by atoms with Crippen molar-refractivity contribution in [3.05, 3.63) is 23.5 Å². The second-order valence-electron chi connectivity index (χ2n) is 12.2. The summed E-state index contributed by atoms with van der Waals surface area (Å²) < 4.78 is 52.3. The van der Waals surface area contributed by atoms with Gasteiger partial charge in [0.2, 0.25) is 0 Å². The molecule has 1 spiro atoms. The molecule has 2 N–H and O–H groups in total. The van der Waals surface area contributed by atoms with Gasteiger partial charge < -0.3 is 19.3 Å². The lowest BCUT2D eigenvalue weighted by atomic mass is 9.89. The summed E-state index contributed by atoms with van der Waals surface area (Å²) in [4.78, 5) is 0. The van der Waals surface area contributed by atoms with Crippen LogP contribution in [-0.4, -0.2) is 64.5 Å². The molecule has 194 valence electrons. The van der Waals surface area contributed by atoms with Crippen LogP contribution in [-0.2, 0) is 27.9 Å². The van der Waals surface area contributed by atoms with Crippen LogP contribution in [0.4, 0.5) is 0 Å². The fourth-order valence-electron chi connectivity index (χ4n) is 3.56. The van der Waals surface area contributed by atoms with E-state index < -0.39 is 50.8 Å². The average Bonchev–Trinajstić information content (AvgIpc) is 3.31. The van der Waals surface area contributed by atoms with Gasteiger partial charge in [0.25, 0.3) is 10.1 Å². The van der Waals surface area contributed by atoms with E-state index in [1.165, 1.54) is 10.9 Å². The highest BCUT2D eigenvalue weighted by molar-refractivity contribution is 7.90. The molecule has 13 heteroatoms. The van der Waals surface area contributed by atoms with Gasteiger partial charge in [-0.15, -0.1) is 5.10 Å². The van der Waals surface area contributed by atoms with Gasteiger partial charge in [-0.1, -0.05) is 46.8 Å². The van der Waals surface area contributed by atoms with E-state index in [1.54, 1.807) is 6.20 Å². The third-order valence-corrected chi connectivity index (χ3v) is 17.8. The predicted molar refractivity (Wildman–Crippen MR) is 134 cm³/mol. The molecule has 0 bridgehead atoms. The van der Waals surface area contributed by atoms with Gasteiger partial charge in [-0.3, -0.25) is 0 Å². The molecular formula is C21H40N4O6SSi2. The first-order chi connectivity index (χ1) is 15.2. The van der Waals surface area contributed by atoms with Crippen LogP contribution in [0.25, 0.3) is 0 Å². The fourth-order valence-corrected chi connectivity index (χ4v) is 7.06. The minimum Gasteiger partial charge on any atom is -0.414 e. The van der Waals surface area contributed by atoms with E-state index >= 15 is 0 Å². The van der Waals surface area contributed by atoms with Gasteiger partial charge in [0.15, 0.2) is 28.5 Å². The lowest BCUT2D eigenvalue weighted by Gasteiger charge is -2.43. The van der Waals surface area contributed by atoms with Crippen LogP contribution in [0.2, 0.25) is 36.3 Å². The molecule has 0 radical (unpaired) electrons. The van der Waals surface area contributed by atoms with Gasteiger partial charge in [0, 0.05) is 6.20 Å². The summed E-state index contributed by atoms with van der Waals surface area (Å²) in [5.74, 6) is 0. The number of nitrogens with zero attached hydrogens (tertiary/aromatic N) is 3. The molecule has 1 fully saturated rings. The van der Waals surface area contributed by atoms with Crippen molar-refractivity contribution in [1.82, 2.24) is 15.0 Å². The van der Waals surface area contributed by atoms with Gasteiger partial charge in [0.05, 0.1) is 23.9 Å². The summed E-state index contributed by atoms with van der Waals surface area (Å²) in [5, 5.41) is 8.78. The van der Waals surface area contributed by atoms with Crippen LogP contribution in [0.15, 0.2) is 23.5 Å². The van der Waals surface area contributed by atoms with Crippen molar-refractivity contribution < 1.29 is 26.2 Å². The summed E-state index contributed by atoms with van der Waals surface area (Å²) in [5.41, 5.74) is 4.89. The highest BCUT2D eigenvalue weighted by atomic mass is 32.2. The minimum absolute atomic E-state index is 0.0441. The van der Waals surface area contributed by atoms with Crippen molar-refractivity contribution in [1.29, 1.82) is 0 Å². The topological polar surface area (TPSA) is 128 Å². The van der Waals surface area contributed by atoms with E-state index in [1.807, 2.05) is 0 Å². The molecule has 10 nitrogen and oxygen atoms in total. The molecule has 34 heavy (non-hydrogen) atoms.